The van der Waals surface area contributed by atoms with Gasteiger partial charge in [0.15, 0.2) is 14.1 Å². The van der Waals surface area contributed by atoms with Crippen molar-refractivity contribution in [3.05, 3.63) is 41.0 Å². The van der Waals surface area contributed by atoms with E-state index in [1.165, 1.54) is 12.0 Å². The highest BCUT2D eigenvalue weighted by atomic mass is 32.2. The minimum Gasteiger partial charge on any atom is -0.413 e. The summed E-state index contributed by atoms with van der Waals surface area (Å²) in [4.78, 5) is 0.231. The molecule has 7 atom stereocenters. The summed E-state index contributed by atoms with van der Waals surface area (Å²) in [5.74, 6) is 1.96. The van der Waals surface area contributed by atoms with Crippen molar-refractivity contribution in [2.24, 2.45) is 35.0 Å². The normalized spacial score (nSPS) is 34.0. The van der Waals surface area contributed by atoms with Crippen LogP contribution < -0.4 is 0 Å². The first-order valence-electron chi connectivity index (χ1n) is 16.9. The Bertz CT molecular complexity index is 1330. The van der Waals surface area contributed by atoms with Gasteiger partial charge >= 0.3 is 0 Å². The van der Waals surface area contributed by atoms with Crippen molar-refractivity contribution in [1.29, 1.82) is 0 Å². The topological polar surface area (TPSA) is 71.1 Å². The second kappa shape index (κ2) is 12.2. The summed E-state index contributed by atoms with van der Waals surface area (Å²) < 4.78 is 51.2. The first kappa shape index (κ1) is 34.3. The van der Waals surface area contributed by atoms with Crippen LogP contribution in [0.5, 0.6) is 0 Å². The van der Waals surface area contributed by atoms with Crippen LogP contribution in [0.1, 0.15) is 91.5 Å². The number of methoxy groups -OCH3 is 2. The maximum atomic E-state index is 13.2. The molecule has 0 amide bonds. The summed E-state index contributed by atoms with van der Waals surface area (Å²) in [5, 5.41) is 0.158. The van der Waals surface area contributed by atoms with Crippen LogP contribution in [-0.4, -0.2) is 49.5 Å². The Morgan fingerprint density at radius 2 is 1.70 bits per heavy atom. The molecule has 1 aromatic rings. The number of rotatable bonds is 9. The molecule has 8 heteroatoms. The number of benzene rings is 1. The molecule has 0 bridgehead atoms. The lowest BCUT2D eigenvalue weighted by Crippen LogP contribution is -2.55. The van der Waals surface area contributed by atoms with Crippen LogP contribution in [0.2, 0.25) is 18.1 Å². The van der Waals surface area contributed by atoms with Gasteiger partial charge in [0, 0.05) is 27.1 Å². The smallest absolute Gasteiger partial charge is 0.296 e. The Hall–Kier alpha value is -1.03. The van der Waals surface area contributed by atoms with Crippen molar-refractivity contribution in [3.63, 3.8) is 0 Å². The molecule has 3 unspecified atom stereocenters. The maximum absolute atomic E-state index is 13.2. The monoisotopic (exact) mass is 646 g/mol. The molecule has 0 spiro atoms. The minimum atomic E-state index is -3.81. The van der Waals surface area contributed by atoms with Gasteiger partial charge in [-0.3, -0.25) is 4.18 Å². The number of hydrogen-bond donors (Lipinski definition) is 0. The van der Waals surface area contributed by atoms with E-state index in [1.807, 2.05) is 19.1 Å². The molecule has 0 N–H and O–H groups in total. The molecule has 4 aliphatic carbocycles. The van der Waals surface area contributed by atoms with Crippen LogP contribution in [-0.2, 0) is 28.2 Å². The van der Waals surface area contributed by atoms with E-state index < -0.39 is 24.2 Å². The number of fused-ring (bicyclic) bond motifs is 4. The minimum absolute atomic E-state index is 0.0704. The summed E-state index contributed by atoms with van der Waals surface area (Å²) in [7, 11) is -2.23. The molecular weight excluding hydrogens is 589 g/mol. The number of ether oxygens (including phenoxy) is 2. The standard InChI is InChI=1S/C36H58O6SSi/c1-24-11-13-28(14-12-24)43(37,38)41-20-18-26-22-35(6)30(15-16-31(35)42-44(9,10)34(3,4)5)32-25(2)21-27-23-36(39-7,40-8)19-17-29(27)33(26)32/h11-14,25-26,30-33H,15-23H2,1-10H3/t25-,26+,30?,31+,32?,33?,35+/m1/s1. The number of allylic oxidation sites excluding steroid dienone is 1. The molecule has 0 radical (unpaired) electrons. The van der Waals surface area contributed by atoms with Gasteiger partial charge in [0.1, 0.15) is 0 Å². The molecule has 0 aliphatic heterocycles. The zero-order valence-electron chi connectivity index (χ0n) is 29.0. The fourth-order valence-corrected chi connectivity index (χ4v) is 11.7. The van der Waals surface area contributed by atoms with Crippen LogP contribution in [0, 0.1) is 41.9 Å². The fourth-order valence-electron chi connectivity index (χ4n) is 9.35. The third-order valence-electron chi connectivity index (χ3n) is 12.8. The molecule has 2 fully saturated rings. The van der Waals surface area contributed by atoms with Gasteiger partial charge in [0.2, 0.25) is 0 Å². The Balaban J connectivity index is 1.46. The highest BCUT2D eigenvalue weighted by Crippen LogP contribution is 2.66. The van der Waals surface area contributed by atoms with E-state index >= 15 is 0 Å². The van der Waals surface area contributed by atoms with E-state index in [-0.39, 0.29) is 28.1 Å². The molecule has 2 saturated carbocycles. The van der Waals surface area contributed by atoms with Crippen LogP contribution in [0.3, 0.4) is 0 Å². The largest absolute Gasteiger partial charge is 0.413 e. The average molecular weight is 647 g/mol. The van der Waals surface area contributed by atoms with Crippen molar-refractivity contribution in [2.45, 2.75) is 128 Å². The molecule has 6 nitrogen and oxygen atoms in total. The molecule has 0 heterocycles. The lowest BCUT2D eigenvalue weighted by Gasteiger charge is -2.58. The van der Waals surface area contributed by atoms with E-state index in [0.29, 0.717) is 29.6 Å². The predicted molar refractivity (Wildman–Crippen MR) is 178 cm³/mol. The van der Waals surface area contributed by atoms with Gasteiger partial charge in [-0.1, -0.05) is 63.5 Å². The lowest BCUT2D eigenvalue weighted by atomic mass is 9.48. The average Bonchev–Trinajstić information content (AvgIpc) is 3.26. The molecule has 0 saturated heterocycles. The van der Waals surface area contributed by atoms with Crippen molar-refractivity contribution >= 4 is 18.4 Å². The highest BCUT2D eigenvalue weighted by Gasteiger charge is 2.61. The number of aryl methyl sites for hydroxylation is 1. The van der Waals surface area contributed by atoms with Crippen molar-refractivity contribution in [2.75, 3.05) is 20.8 Å². The summed E-state index contributed by atoms with van der Waals surface area (Å²) in [6.45, 7) is 18.9. The molecule has 4 aliphatic rings. The quantitative estimate of drug-likeness (QED) is 0.116. The molecule has 0 aromatic heterocycles. The zero-order valence-corrected chi connectivity index (χ0v) is 30.8. The van der Waals surface area contributed by atoms with Gasteiger partial charge in [-0.15, -0.1) is 0 Å². The Morgan fingerprint density at radius 1 is 1.05 bits per heavy atom. The Morgan fingerprint density at radius 3 is 2.32 bits per heavy atom. The van der Waals surface area contributed by atoms with Gasteiger partial charge in [0.25, 0.3) is 10.1 Å². The summed E-state index contributed by atoms with van der Waals surface area (Å²) in [5.41, 5.74) is 4.23. The molecular formula is C36H58O6SSi. The first-order chi connectivity index (χ1) is 20.5. The predicted octanol–water partition coefficient (Wildman–Crippen LogP) is 8.66. The van der Waals surface area contributed by atoms with Crippen LogP contribution >= 0.6 is 0 Å². The van der Waals surface area contributed by atoms with Crippen LogP contribution in [0.4, 0.5) is 0 Å². The van der Waals surface area contributed by atoms with Crippen molar-refractivity contribution in [3.8, 4) is 0 Å². The van der Waals surface area contributed by atoms with Gasteiger partial charge in [0.05, 0.1) is 17.6 Å². The maximum Gasteiger partial charge on any atom is 0.296 e. The van der Waals surface area contributed by atoms with Gasteiger partial charge in [-0.2, -0.15) is 8.42 Å². The van der Waals surface area contributed by atoms with Crippen LogP contribution in [0.15, 0.2) is 40.3 Å². The van der Waals surface area contributed by atoms with Gasteiger partial charge in [-0.05, 0) is 111 Å². The Labute approximate surface area is 268 Å². The van der Waals surface area contributed by atoms with E-state index in [0.717, 1.165) is 50.5 Å². The van der Waals surface area contributed by atoms with E-state index in [1.54, 1.807) is 31.9 Å². The third-order valence-corrected chi connectivity index (χ3v) is 18.6. The Kier molecular flexibility index (Phi) is 9.52. The SMILES string of the molecule is COC1(OC)CCC2=C(C[C@@H](C)C3C2[C@@H](CCOS(=O)(=O)c2ccc(C)cc2)C[C@@]2(C)C3CC[C@@H]2O[Si](C)(C)C(C)(C)C)C1. The summed E-state index contributed by atoms with van der Waals surface area (Å²) >= 11 is 0. The van der Waals surface area contributed by atoms with Gasteiger partial charge < -0.3 is 13.9 Å². The van der Waals surface area contributed by atoms with E-state index in [2.05, 4.69) is 47.7 Å². The second-order valence-corrected chi connectivity index (χ2v) is 22.7. The summed E-state index contributed by atoms with van der Waals surface area (Å²) in [6.07, 6.45) is 8.13. The molecule has 248 valence electrons. The molecule has 5 rings (SSSR count). The summed E-state index contributed by atoms with van der Waals surface area (Å²) in [6, 6.07) is 6.94. The number of hydrogen-bond acceptors (Lipinski definition) is 6. The van der Waals surface area contributed by atoms with Crippen molar-refractivity contribution < 1.29 is 26.5 Å². The van der Waals surface area contributed by atoms with E-state index in [9.17, 15) is 8.42 Å². The van der Waals surface area contributed by atoms with E-state index in [4.69, 9.17) is 18.1 Å². The zero-order chi connectivity index (χ0) is 32.3. The highest BCUT2D eigenvalue weighted by molar-refractivity contribution is 7.86. The van der Waals surface area contributed by atoms with Crippen LogP contribution in [0.25, 0.3) is 0 Å². The first-order valence-corrected chi connectivity index (χ1v) is 21.2. The lowest BCUT2D eigenvalue weighted by molar-refractivity contribution is -0.214. The third kappa shape index (κ3) is 6.17. The second-order valence-electron chi connectivity index (χ2n) is 16.3. The van der Waals surface area contributed by atoms with Crippen molar-refractivity contribution in [1.82, 2.24) is 0 Å². The fraction of sp³-hybridized carbons (Fsp3) is 0.778. The van der Waals surface area contributed by atoms with Gasteiger partial charge in [-0.25, -0.2) is 0 Å². The molecule has 1 aromatic carbocycles. The molecule has 44 heavy (non-hydrogen) atoms.